The van der Waals surface area contributed by atoms with Crippen molar-refractivity contribution in [2.24, 2.45) is 33.7 Å². The van der Waals surface area contributed by atoms with E-state index < -0.39 is 59.7 Å². The van der Waals surface area contributed by atoms with Gasteiger partial charge in [0.25, 0.3) is 0 Å². The molecule has 14 N–H and O–H groups in total. The van der Waals surface area contributed by atoms with E-state index in [9.17, 15) is 33.9 Å². The van der Waals surface area contributed by atoms with Crippen LogP contribution in [-0.4, -0.2) is 77.3 Å². The van der Waals surface area contributed by atoms with E-state index in [2.05, 4.69) is 20.9 Å². The summed E-state index contributed by atoms with van der Waals surface area (Å²) in [5, 5.41) is 16.6. The van der Waals surface area contributed by atoms with Crippen LogP contribution in [0, 0.1) is 0 Å². The molecule has 0 fully saturated rings. The predicted molar refractivity (Wildman–Crippen MR) is 128 cm³/mol. The van der Waals surface area contributed by atoms with Crippen molar-refractivity contribution in [2.75, 3.05) is 6.54 Å². The molecule has 0 aliphatic carbocycles. The molecule has 0 aromatic rings. The van der Waals surface area contributed by atoms with Crippen molar-refractivity contribution < 1.29 is 33.9 Å². The average Bonchev–Trinajstić information content (AvgIpc) is 2.74. The van der Waals surface area contributed by atoms with Gasteiger partial charge in [0.2, 0.25) is 35.4 Å². The van der Waals surface area contributed by atoms with Crippen LogP contribution >= 0.6 is 0 Å². The van der Waals surface area contributed by atoms with Gasteiger partial charge < -0.3 is 49.7 Å². The summed E-state index contributed by atoms with van der Waals surface area (Å²) in [7, 11) is 0. The number of hydrogen-bond donors (Lipinski definition) is 9. The number of aliphatic imine (C=N–C) groups is 1. The normalized spacial score (nSPS) is 13.8. The summed E-state index contributed by atoms with van der Waals surface area (Å²) in [6.07, 6.45) is -1.81. The Morgan fingerprint density at radius 3 is 1.67 bits per heavy atom. The standard InChI is InChI=1S/C20H37N9O7/c1-10(30)9-16(33)27-12(3-2-8-26-20(24)25)18(35)29-13(5-7-15(22)32)19(36)28-11(17(23)34)4-6-14(21)31/h10-13,30H,2-9H2,1H3,(H2,21,31)(H2,22,32)(H2,23,34)(H,27,33)(H,28,36)(H,29,35)(H4,24,25,26)/t10-,11+,12+,13-/m1/s1. The number of guanidine groups is 1. The van der Waals surface area contributed by atoms with Gasteiger partial charge in [-0.25, -0.2) is 0 Å². The van der Waals surface area contributed by atoms with E-state index in [0.29, 0.717) is 0 Å². The molecular weight excluding hydrogens is 478 g/mol. The lowest BCUT2D eigenvalue weighted by Crippen LogP contribution is -2.56. The summed E-state index contributed by atoms with van der Waals surface area (Å²) in [4.78, 5) is 75.7. The Hall–Kier alpha value is -3.95. The molecule has 0 saturated carbocycles. The van der Waals surface area contributed by atoms with Gasteiger partial charge in [-0.05, 0) is 32.6 Å². The molecule has 16 nitrogen and oxygen atoms in total. The van der Waals surface area contributed by atoms with Crippen molar-refractivity contribution in [3.05, 3.63) is 0 Å². The van der Waals surface area contributed by atoms with Crippen LogP contribution in [0.1, 0.15) is 51.9 Å². The zero-order valence-corrected chi connectivity index (χ0v) is 20.2. The van der Waals surface area contributed by atoms with Crippen LogP contribution in [0.3, 0.4) is 0 Å². The Labute approximate surface area is 208 Å². The number of aliphatic hydroxyl groups excluding tert-OH is 1. The molecule has 0 rings (SSSR count). The number of carbonyl (C=O) groups excluding carboxylic acids is 6. The summed E-state index contributed by atoms with van der Waals surface area (Å²) in [5.74, 6) is -4.83. The van der Waals surface area contributed by atoms with E-state index in [1.807, 2.05) is 0 Å². The number of rotatable bonds is 18. The zero-order chi connectivity index (χ0) is 27.8. The van der Waals surface area contributed by atoms with Gasteiger partial charge in [-0.3, -0.25) is 33.8 Å². The number of nitrogens with one attached hydrogen (secondary N) is 3. The molecule has 0 saturated heterocycles. The summed E-state index contributed by atoms with van der Waals surface area (Å²) < 4.78 is 0. The smallest absolute Gasteiger partial charge is 0.243 e. The first-order valence-corrected chi connectivity index (χ1v) is 11.2. The van der Waals surface area contributed by atoms with Crippen molar-refractivity contribution >= 4 is 41.4 Å². The van der Waals surface area contributed by atoms with Gasteiger partial charge in [0.1, 0.15) is 18.1 Å². The Morgan fingerprint density at radius 1 is 0.750 bits per heavy atom. The third-order valence-corrected chi connectivity index (χ3v) is 4.73. The second kappa shape index (κ2) is 16.6. The molecule has 0 aliphatic heterocycles. The van der Waals surface area contributed by atoms with Gasteiger partial charge in [0.05, 0.1) is 12.5 Å². The lowest BCUT2D eigenvalue weighted by molar-refractivity contribution is -0.134. The Balaban J connectivity index is 5.58. The average molecular weight is 516 g/mol. The first-order valence-electron chi connectivity index (χ1n) is 11.2. The highest BCUT2D eigenvalue weighted by atomic mass is 16.3. The Kier molecular flexibility index (Phi) is 14.8. The molecule has 0 spiro atoms. The minimum atomic E-state index is -1.34. The molecule has 0 bridgehead atoms. The fourth-order valence-electron chi connectivity index (χ4n) is 2.97. The van der Waals surface area contributed by atoms with Gasteiger partial charge in [-0.1, -0.05) is 0 Å². The minimum Gasteiger partial charge on any atom is -0.393 e. The SMILES string of the molecule is C[C@@H](O)CC(=O)N[C@@H](CCCN=C(N)N)C(=O)N[C@H](CCC(N)=O)C(=O)N[C@@H](CCC(N)=O)C(N)=O. The van der Waals surface area contributed by atoms with Gasteiger partial charge in [0.15, 0.2) is 5.96 Å². The van der Waals surface area contributed by atoms with Gasteiger partial charge in [-0.2, -0.15) is 0 Å². The number of nitrogens with zero attached hydrogens (tertiary/aromatic N) is 1. The van der Waals surface area contributed by atoms with Crippen LogP contribution in [-0.2, 0) is 28.8 Å². The van der Waals surface area contributed by atoms with E-state index in [0.717, 1.165) is 0 Å². The lowest BCUT2D eigenvalue weighted by Gasteiger charge is -2.24. The van der Waals surface area contributed by atoms with Crippen LogP contribution in [0.4, 0.5) is 0 Å². The second-order valence-corrected chi connectivity index (χ2v) is 8.16. The molecule has 0 aromatic carbocycles. The van der Waals surface area contributed by atoms with Crippen LogP contribution in [0.5, 0.6) is 0 Å². The summed E-state index contributed by atoms with van der Waals surface area (Å²) >= 11 is 0. The number of nitrogens with two attached hydrogens (primary N) is 5. The third kappa shape index (κ3) is 15.0. The molecule has 6 amide bonds. The largest absolute Gasteiger partial charge is 0.393 e. The highest BCUT2D eigenvalue weighted by Crippen LogP contribution is 2.06. The number of amides is 6. The van der Waals surface area contributed by atoms with Gasteiger partial charge in [-0.15, -0.1) is 0 Å². The van der Waals surface area contributed by atoms with E-state index in [-0.39, 0.29) is 57.5 Å². The van der Waals surface area contributed by atoms with Crippen molar-refractivity contribution in [2.45, 2.75) is 76.1 Å². The number of aliphatic hydroxyl groups is 1. The number of hydrogen-bond acceptors (Lipinski definition) is 8. The maximum absolute atomic E-state index is 13.0. The van der Waals surface area contributed by atoms with Crippen molar-refractivity contribution in [1.82, 2.24) is 16.0 Å². The Morgan fingerprint density at radius 2 is 1.22 bits per heavy atom. The summed E-state index contributed by atoms with van der Waals surface area (Å²) in [6.45, 7) is 1.55. The van der Waals surface area contributed by atoms with Crippen LogP contribution in [0.15, 0.2) is 4.99 Å². The van der Waals surface area contributed by atoms with Gasteiger partial charge >= 0.3 is 0 Å². The fraction of sp³-hybridized carbons (Fsp3) is 0.650. The van der Waals surface area contributed by atoms with Crippen molar-refractivity contribution in [3.8, 4) is 0 Å². The van der Waals surface area contributed by atoms with E-state index in [4.69, 9.17) is 28.7 Å². The molecule has 16 heteroatoms. The first-order chi connectivity index (χ1) is 16.7. The zero-order valence-electron chi connectivity index (χ0n) is 20.2. The fourth-order valence-corrected chi connectivity index (χ4v) is 2.97. The number of primary amides is 3. The molecule has 4 atom stereocenters. The van der Waals surface area contributed by atoms with E-state index >= 15 is 0 Å². The predicted octanol–water partition coefficient (Wildman–Crippen LogP) is -4.72. The van der Waals surface area contributed by atoms with Crippen LogP contribution in [0.2, 0.25) is 0 Å². The molecule has 0 aliphatic rings. The van der Waals surface area contributed by atoms with Crippen molar-refractivity contribution in [1.29, 1.82) is 0 Å². The third-order valence-electron chi connectivity index (χ3n) is 4.73. The topological polar surface area (TPSA) is 301 Å². The highest BCUT2D eigenvalue weighted by molar-refractivity contribution is 5.94. The Bertz CT molecular complexity index is 828. The maximum Gasteiger partial charge on any atom is 0.243 e. The molecule has 204 valence electrons. The number of carbonyl (C=O) groups is 6. The molecule has 36 heavy (non-hydrogen) atoms. The first kappa shape index (κ1) is 32.0. The van der Waals surface area contributed by atoms with Gasteiger partial charge in [0, 0.05) is 19.4 Å². The van der Waals surface area contributed by atoms with Crippen LogP contribution < -0.4 is 44.6 Å². The lowest BCUT2D eigenvalue weighted by atomic mass is 10.1. The summed E-state index contributed by atoms with van der Waals surface area (Å²) in [5.41, 5.74) is 26.0. The second-order valence-electron chi connectivity index (χ2n) is 8.16. The molecule has 0 radical (unpaired) electrons. The molecule has 0 unspecified atom stereocenters. The summed E-state index contributed by atoms with van der Waals surface area (Å²) in [6, 6.07) is -3.75. The molecular formula is C20H37N9O7. The van der Waals surface area contributed by atoms with Crippen molar-refractivity contribution in [3.63, 3.8) is 0 Å². The maximum atomic E-state index is 13.0. The van der Waals surface area contributed by atoms with Crippen LogP contribution in [0.25, 0.3) is 0 Å². The molecule has 0 heterocycles. The quantitative estimate of drug-likeness (QED) is 0.0480. The van der Waals surface area contributed by atoms with E-state index in [1.165, 1.54) is 6.92 Å². The minimum absolute atomic E-state index is 0.0703. The monoisotopic (exact) mass is 515 g/mol. The molecule has 0 aromatic heterocycles. The highest BCUT2D eigenvalue weighted by Gasteiger charge is 2.29. The van der Waals surface area contributed by atoms with E-state index in [1.54, 1.807) is 0 Å².